The maximum absolute atomic E-state index is 6.31. The monoisotopic (exact) mass is 575 g/mol. The third kappa shape index (κ3) is 3.51. The van der Waals surface area contributed by atoms with E-state index in [2.05, 4.69) is 137 Å². The summed E-state index contributed by atoms with van der Waals surface area (Å²) >= 11 is 0. The highest BCUT2D eigenvalue weighted by molar-refractivity contribution is 6.16. The van der Waals surface area contributed by atoms with Crippen LogP contribution in [0.25, 0.3) is 88.2 Å². The molecule has 0 aliphatic heterocycles. The molecule has 0 unspecified atom stereocenters. The molecule has 4 heterocycles. The highest BCUT2D eigenvalue weighted by Crippen LogP contribution is 2.38. The molecule has 0 saturated carbocycles. The van der Waals surface area contributed by atoms with Crippen molar-refractivity contribution in [1.82, 2.24) is 14.1 Å². The first-order valence-electron chi connectivity index (χ1n) is 15.2. The van der Waals surface area contributed by atoms with Gasteiger partial charge in [0.25, 0.3) is 0 Å². The minimum Gasteiger partial charge on any atom is -0.456 e. The molecule has 0 aliphatic rings. The molecule has 4 heteroatoms. The van der Waals surface area contributed by atoms with Gasteiger partial charge in [-0.1, -0.05) is 78.9 Å². The first-order chi connectivity index (χ1) is 22.3. The number of hydrogen-bond acceptors (Lipinski definition) is 2. The smallest absolute Gasteiger partial charge is 0.137 e. The van der Waals surface area contributed by atoms with Gasteiger partial charge in [-0.15, -0.1) is 0 Å². The second-order valence-electron chi connectivity index (χ2n) is 11.6. The van der Waals surface area contributed by atoms with E-state index in [-0.39, 0.29) is 0 Å². The van der Waals surface area contributed by atoms with Crippen molar-refractivity contribution in [3.05, 3.63) is 152 Å². The summed E-state index contributed by atoms with van der Waals surface area (Å²) in [5, 5.41) is 5.87. The fourth-order valence-electron chi connectivity index (χ4n) is 7.18. The largest absolute Gasteiger partial charge is 0.456 e. The van der Waals surface area contributed by atoms with Gasteiger partial charge in [-0.25, -0.2) is 0 Å². The third-order valence-electron chi connectivity index (χ3n) is 9.14. The standard InChI is InChI=1S/C41H25N3O/c1-4-17-35-30(14-1)31-15-2-5-18-36(31)43(35)28-12-7-10-26(22-28)27-11-8-13-29(23-27)44-37-19-9-21-42-41(37)34-24-33-32-16-3-6-20-39(32)45-40(33)25-38(34)44/h1-25H. The van der Waals surface area contributed by atoms with Crippen molar-refractivity contribution in [2.45, 2.75) is 0 Å². The van der Waals surface area contributed by atoms with Crippen LogP contribution in [0, 0.1) is 0 Å². The van der Waals surface area contributed by atoms with Gasteiger partial charge in [0.2, 0.25) is 0 Å². The minimum atomic E-state index is 0.878. The Bertz CT molecular complexity index is 2720. The summed E-state index contributed by atoms with van der Waals surface area (Å²) in [4.78, 5) is 4.84. The molecule has 0 bridgehead atoms. The van der Waals surface area contributed by atoms with Crippen molar-refractivity contribution in [3.8, 4) is 22.5 Å². The van der Waals surface area contributed by atoms with Crippen LogP contribution in [0.3, 0.4) is 0 Å². The Morgan fingerprint density at radius 2 is 1.00 bits per heavy atom. The summed E-state index contributed by atoms with van der Waals surface area (Å²) < 4.78 is 11.0. The highest BCUT2D eigenvalue weighted by Gasteiger charge is 2.18. The number of pyridine rings is 1. The maximum atomic E-state index is 6.31. The zero-order valence-electron chi connectivity index (χ0n) is 24.2. The van der Waals surface area contributed by atoms with Gasteiger partial charge in [-0.3, -0.25) is 4.98 Å². The van der Waals surface area contributed by atoms with Crippen LogP contribution in [-0.4, -0.2) is 14.1 Å². The first-order valence-corrected chi connectivity index (χ1v) is 15.2. The van der Waals surface area contributed by atoms with Crippen LogP contribution in [0.2, 0.25) is 0 Å². The summed E-state index contributed by atoms with van der Waals surface area (Å²) in [6, 6.07) is 51.7. The van der Waals surface area contributed by atoms with Crippen molar-refractivity contribution in [1.29, 1.82) is 0 Å². The summed E-state index contributed by atoms with van der Waals surface area (Å²) in [6.45, 7) is 0. The lowest BCUT2D eigenvalue weighted by Crippen LogP contribution is -1.96. The molecule has 4 nitrogen and oxygen atoms in total. The van der Waals surface area contributed by atoms with Crippen LogP contribution in [-0.2, 0) is 0 Å². The molecule has 10 aromatic rings. The quantitative estimate of drug-likeness (QED) is 0.210. The number of para-hydroxylation sites is 3. The lowest BCUT2D eigenvalue weighted by molar-refractivity contribution is 0.669. The number of benzene rings is 6. The Labute approximate surface area is 258 Å². The average Bonchev–Trinajstić information content (AvgIpc) is 3.74. The van der Waals surface area contributed by atoms with Crippen molar-refractivity contribution < 1.29 is 4.42 Å². The van der Waals surface area contributed by atoms with Gasteiger partial charge in [-0.2, -0.15) is 0 Å². The first kappa shape index (κ1) is 24.3. The second-order valence-corrected chi connectivity index (χ2v) is 11.6. The Morgan fingerprint density at radius 1 is 0.400 bits per heavy atom. The highest BCUT2D eigenvalue weighted by atomic mass is 16.3. The van der Waals surface area contributed by atoms with Gasteiger partial charge in [0.05, 0.1) is 27.6 Å². The molecular formula is C41H25N3O. The van der Waals surface area contributed by atoms with Gasteiger partial charge in [-0.05, 0) is 71.8 Å². The van der Waals surface area contributed by atoms with Crippen LogP contribution in [0.1, 0.15) is 0 Å². The van der Waals surface area contributed by atoms with Gasteiger partial charge in [0.1, 0.15) is 11.2 Å². The van der Waals surface area contributed by atoms with Gasteiger partial charge < -0.3 is 13.6 Å². The summed E-state index contributed by atoms with van der Waals surface area (Å²) in [5.74, 6) is 0. The molecule has 210 valence electrons. The number of nitrogens with zero attached hydrogens (tertiary/aromatic N) is 3. The summed E-state index contributed by atoms with van der Waals surface area (Å²) in [5.41, 5.74) is 11.9. The number of fused-ring (bicyclic) bond motifs is 9. The molecule has 10 rings (SSSR count). The lowest BCUT2D eigenvalue weighted by atomic mass is 10.0. The molecule has 0 fully saturated rings. The summed E-state index contributed by atoms with van der Waals surface area (Å²) in [6.07, 6.45) is 1.88. The number of furan rings is 1. The van der Waals surface area contributed by atoms with Crippen molar-refractivity contribution in [2.75, 3.05) is 0 Å². The molecule has 0 aliphatic carbocycles. The van der Waals surface area contributed by atoms with Crippen molar-refractivity contribution in [2.24, 2.45) is 0 Å². The minimum absolute atomic E-state index is 0.878. The topological polar surface area (TPSA) is 35.9 Å². The predicted octanol–water partition coefficient (Wildman–Crippen LogP) is 10.8. The molecule has 0 saturated heterocycles. The van der Waals surface area contributed by atoms with Crippen LogP contribution < -0.4 is 0 Å². The van der Waals surface area contributed by atoms with Crippen LogP contribution in [0.4, 0.5) is 0 Å². The zero-order chi connectivity index (χ0) is 29.5. The van der Waals surface area contributed by atoms with Crippen LogP contribution >= 0.6 is 0 Å². The van der Waals surface area contributed by atoms with E-state index in [1.54, 1.807) is 0 Å². The maximum Gasteiger partial charge on any atom is 0.137 e. The van der Waals surface area contributed by atoms with Gasteiger partial charge in [0.15, 0.2) is 0 Å². The van der Waals surface area contributed by atoms with Crippen LogP contribution in [0.15, 0.2) is 156 Å². The number of aromatic nitrogens is 3. The van der Waals surface area contributed by atoms with E-state index in [4.69, 9.17) is 9.40 Å². The Hall–Kier alpha value is -6.13. The molecule has 4 aromatic heterocycles. The number of hydrogen-bond donors (Lipinski definition) is 0. The van der Waals surface area contributed by atoms with Gasteiger partial charge >= 0.3 is 0 Å². The van der Waals surface area contributed by atoms with E-state index in [0.717, 1.165) is 66.4 Å². The average molecular weight is 576 g/mol. The molecule has 0 atom stereocenters. The lowest BCUT2D eigenvalue weighted by Gasteiger charge is -2.12. The molecule has 0 N–H and O–H groups in total. The zero-order valence-corrected chi connectivity index (χ0v) is 24.2. The second kappa shape index (κ2) is 9.18. The predicted molar refractivity (Wildman–Crippen MR) is 186 cm³/mol. The van der Waals surface area contributed by atoms with E-state index in [9.17, 15) is 0 Å². The van der Waals surface area contributed by atoms with Gasteiger partial charge in [0, 0.05) is 50.6 Å². The van der Waals surface area contributed by atoms with E-state index >= 15 is 0 Å². The van der Waals surface area contributed by atoms with E-state index in [0.29, 0.717) is 0 Å². The fraction of sp³-hybridized carbons (Fsp3) is 0. The number of rotatable bonds is 3. The Kier molecular flexibility index (Phi) is 4.96. The van der Waals surface area contributed by atoms with E-state index in [1.165, 1.54) is 21.8 Å². The molecule has 6 aromatic carbocycles. The normalized spacial score (nSPS) is 12.0. The fourth-order valence-corrected chi connectivity index (χ4v) is 7.18. The Balaban J connectivity index is 1.17. The molecule has 0 amide bonds. The van der Waals surface area contributed by atoms with Crippen molar-refractivity contribution >= 4 is 65.7 Å². The molecular weight excluding hydrogens is 550 g/mol. The van der Waals surface area contributed by atoms with Crippen molar-refractivity contribution in [3.63, 3.8) is 0 Å². The summed E-state index contributed by atoms with van der Waals surface area (Å²) in [7, 11) is 0. The molecule has 0 radical (unpaired) electrons. The van der Waals surface area contributed by atoms with Crippen LogP contribution in [0.5, 0.6) is 0 Å². The molecule has 0 spiro atoms. The Morgan fingerprint density at radius 3 is 1.71 bits per heavy atom. The SMILES string of the molecule is c1cc(-c2cccc(-n3c4cc5oc6ccccc6c5cc4c4ncccc43)c2)cc(-n2c3ccccc3c3ccccc32)c1. The van der Waals surface area contributed by atoms with E-state index in [1.807, 2.05) is 24.4 Å². The third-order valence-corrected chi connectivity index (χ3v) is 9.14. The van der Waals surface area contributed by atoms with E-state index < -0.39 is 0 Å². The molecule has 45 heavy (non-hydrogen) atoms.